The van der Waals surface area contributed by atoms with Crippen LogP contribution in [0.5, 0.6) is 0 Å². The maximum absolute atomic E-state index is 12.4. The van der Waals surface area contributed by atoms with Crippen LogP contribution in [0.2, 0.25) is 0 Å². The van der Waals surface area contributed by atoms with E-state index in [2.05, 4.69) is 15.4 Å². The lowest BCUT2D eigenvalue weighted by Gasteiger charge is -2.19. The minimum absolute atomic E-state index is 0.216. The van der Waals surface area contributed by atoms with Crippen molar-refractivity contribution in [1.82, 2.24) is 19.9 Å². The van der Waals surface area contributed by atoms with Crippen LogP contribution in [0.25, 0.3) is 16.6 Å². The van der Waals surface area contributed by atoms with Gasteiger partial charge in [-0.3, -0.25) is 9.59 Å². The highest BCUT2D eigenvalue weighted by molar-refractivity contribution is 5.94. The van der Waals surface area contributed by atoms with Crippen LogP contribution in [0, 0.1) is 0 Å². The quantitative estimate of drug-likeness (QED) is 0.714. The summed E-state index contributed by atoms with van der Waals surface area (Å²) < 4.78 is 1.22. The predicted molar refractivity (Wildman–Crippen MR) is 80.5 cm³/mol. The standard InChI is InChI=1S/C15H16N4O2/c1-15(2,3)17-13(20)11-8-12-16-10-7-5-4-6-9(10)14(21)19(12)18-11/h4-8,16H,1-3H3,(H,17,20). The number of aromatic amines is 1. The number of para-hydroxylation sites is 1. The molecule has 2 aromatic heterocycles. The summed E-state index contributed by atoms with van der Waals surface area (Å²) in [7, 11) is 0. The lowest BCUT2D eigenvalue weighted by molar-refractivity contribution is 0.0914. The molecule has 0 unspecified atom stereocenters. The van der Waals surface area contributed by atoms with Gasteiger partial charge in [0.05, 0.1) is 10.9 Å². The van der Waals surface area contributed by atoms with E-state index in [9.17, 15) is 9.59 Å². The van der Waals surface area contributed by atoms with Gasteiger partial charge in [0.1, 0.15) is 5.65 Å². The number of fused-ring (bicyclic) bond motifs is 2. The molecule has 0 radical (unpaired) electrons. The molecule has 3 rings (SSSR count). The van der Waals surface area contributed by atoms with Crippen LogP contribution in [0.15, 0.2) is 35.1 Å². The van der Waals surface area contributed by atoms with Crippen molar-refractivity contribution in [3.8, 4) is 0 Å². The Hall–Kier alpha value is -2.63. The molecule has 1 amide bonds. The second-order valence-corrected chi connectivity index (χ2v) is 6.01. The van der Waals surface area contributed by atoms with Crippen LogP contribution < -0.4 is 10.9 Å². The molecule has 2 N–H and O–H groups in total. The molecule has 0 atom stereocenters. The number of carbonyl (C=O) groups is 1. The Morgan fingerprint density at radius 3 is 2.71 bits per heavy atom. The highest BCUT2D eigenvalue weighted by Gasteiger charge is 2.19. The Kier molecular flexibility index (Phi) is 2.83. The van der Waals surface area contributed by atoms with E-state index in [0.717, 1.165) is 5.52 Å². The average molecular weight is 284 g/mol. The van der Waals surface area contributed by atoms with Crippen molar-refractivity contribution in [2.75, 3.05) is 0 Å². The first-order chi connectivity index (χ1) is 9.85. The fraction of sp³-hybridized carbons (Fsp3) is 0.267. The number of aromatic nitrogens is 3. The molecule has 3 aromatic rings. The summed E-state index contributed by atoms with van der Waals surface area (Å²) in [5, 5.41) is 7.47. The molecule has 0 aliphatic heterocycles. The molecular weight excluding hydrogens is 268 g/mol. The summed E-state index contributed by atoms with van der Waals surface area (Å²) >= 11 is 0. The summed E-state index contributed by atoms with van der Waals surface area (Å²) in [6, 6.07) is 8.76. The number of rotatable bonds is 1. The van der Waals surface area contributed by atoms with E-state index in [4.69, 9.17) is 0 Å². The Morgan fingerprint density at radius 2 is 2.00 bits per heavy atom. The molecule has 0 saturated heterocycles. The first-order valence-corrected chi connectivity index (χ1v) is 6.68. The zero-order valence-corrected chi connectivity index (χ0v) is 12.1. The zero-order valence-electron chi connectivity index (χ0n) is 12.1. The number of hydrogen-bond acceptors (Lipinski definition) is 3. The van der Waals surface area contributed by atoms with E-state index in [-0.39, 0.29) is 22.7 Å². The Bertz CT molecular complexity index is 899. The van der Waals surface area contributed by atoms with Crippen LogP contribution in [-0.4, -0.2) is 26.0 Å². The van der Waals surface area contributed by atoms with Crippen molar-refractivity contribution in [2.45, 2.75) is 26.3 Å². The largest absolute Gasteiger partial charge is 0.346 e. The van der Waals surface area contributed by atoms with E-state index >= 15 is 0 Å². The van der Waals surface area contributed by atoms with E-state index < -0.39 is 0 Å². The first-order valence-electron chi connectivity index (χ1n) is 6.68. The van der Waals surface area contributed by atoms with Gasteiger partial charge in [-0.1, -0.05) is 12.1 Å². The number of nitrogens with zero attached hydrogens (tertiary/aromatic N) is 2. The Labute approximate surface area is 120 Å². The van der Waals surface area contributed by atoms with Crippen molar-refractivity contribution in [3.05, 3.63) is 46.4 Å². The molecule has 1 aromatic carbocycles. The number of carbonyl (C=O) groups excluding carboxylic acids is 1. The minimum Gasteiger partial charge on any atom is -0.346 e. The summed E-state index contributed by atoms with van der Waals surface area (Å²) in [4.78, 5) is 27.6. The monoisotopic (exact) mass is 284 g/mol. The van der Waals surface area contributed by atoms with Gasteiger partial charge in [-0.25, -0.2) is 0 Å². The predicted octanol–water partition coefficient (Wildman–Crippen LogP) is 1.70. The molecule has 6 heteroatoms. The third kappa shape index (κ3) is 2.40. The first kappa shape index (κ1) is 13.4. The van der Waals surface area contributed by atoms with Crippen molar-refractivity contribution in [3.63, 3.8) is 0 Å². The van der Waals surface area contributed by atoms with Gasteiger partial charge < -0.3 is 10.3 Å². The summed E-state index contributed by atoms with van der Waals surface area (Å²) in [5.41, 5.74) is 0.833. The second kappa shape index (κ2) is 4.44. The van der Waals surface area contributed by atoms with Crippen LogP contribution in [0.1, 0.15) is 31.3 Å². The van der Waals surface area contributed by atoms with E-state index in [1.165, 1.54) is 4.52 Å². The van der Waals surface area contributed by atoms with Crippen LogP contribution >= 0.6 is 0 Å². The molecule has 0 aliphatic rings. The number of amides is 1. The minimum atomic E-state index is -0.360. The average Bonchev–Trinajstić information content (AvgIpc) is 2.81. The van der Waals surface area contributed by atoms with Gasteiger partial charge in [0.15, 0.2) is 5.69 Å². The fourth-order valence-electron chi connectivity index (χ4n) is 2.17. The van der Waals surface area contributed by atoms with Crippen molar-refractivity contribution >= 4 is 22.5 Å². The summed E-state index contributed by atoms with van der Waals surface area (Å²) in [6.07, 6.45) is 0. The zero-order chi connectivity index (χ0) is 15.2. The van der Waals surface area contributed by atoms with Crippen molar-refractivity contribution < 1.29 is 4.79 Å². The topological polar surface area (TPSA) is 79.3 Å². The molecule has 0 aliphatic carbocycles. The fourth-order valence-corrected chi connectivity index (χ4v) is 2.17. The van der Waals surface area contributed by atoms with E-state index in [0.29, 0.717) is 11.0 Å². The number of H-pyrrole nitrogens is 1. The maximum Gasteiger partial charge on any atom is 0.282 e. The van der Waals surface area contributed by atoms with Gasteiger partial charge >= 0.3 is 0 Å². The van der Waals surface area contributed by atoms with Crippen LogP contribution in [0.4, 0.5) is 0 Å². The Morgan fingerprint density at radius 1 is 1.29 bits per heavy atom. The maximum atomic E-state index is 12.4. The molecular formula is C15H16N4O2. The summed E-state index contributed by atoms with van der Waals surface area (Å²) in [5.74, 6) is -0.303. The number of benzene rings is 1. The highest BCUT2D eigenvalue weighted by Crippen LogP contribution is 2.10. The molecule has 21 heavy (non-hydrogen) atoms. The third-order valence-electron chi connectivity index (χ3n) is 3.04. The van der Waals surface area contributed by atoms with Gasteiger partial charge in [-0.05, 0) is 32.9 Å². The van der Waals surface area contributed by atoms with Crippen LogP contribution in [0.3, 0.4) is 0 Å². The number of nitrogens with one attached hydrogen (secondary N) is 2. The summed E-state index contributed by atoms with van der Waals surface area (Å²) in [6.45, 7) is 5.67. The van der Waals surface area contributed by atoms with Gasteiger partial charge in [-0.15, -0.1) is 0 Å². The third-order valence-corrected chi connectivity index (χ3v) is 3.04. The lowest BCUT2D eigenvalue weighted by Crippen LogP contribution is -2.40. The van der Waals surface area contributed by atoms with Gasteiger partial charge in [0.2, 0.25) is 0 Å². The SMILES string of the molecule is CC(C)(C)NC(=O)c1cc2[nH]c3ccccc3c(=O)n2n1. The van der Waals surface area contributed by atoms with Crippen molar-refractivity contribution in [2.24, 2.45) is 0 Å². The van der Waals surface area contributed by atoms with Gasteiger partial charge in [0.25, 0.3) is 11.5 Å². The highest BCUT2D eigenvalue weighted by atomic mass is 16.2. The molecule has 0 saturated carbocycles. The molecule has 108 valence electrons. The molecule has 6 nitrogen and oxygen atoms in total. The second-order valence-electron chi connectivity index (χ2n) is 6.01. The van der Waals surface area contributed by atoms with Crippen molar-refractivity contribution in [1.29, 1.82) is 0 Å². The molecule has 0 spiro atoms. The molecule has 0 fully saturated rings. The normalized spacial score (nSPS) is 12.0. The van der Waals surface area contributed by atoms with Gasteiger partial charge in [0, 0.05) is 11.6 Å². The van der Waals surface area contributed by atoms with Gasteiger partial charge in [-0.2, -0.15) is 9.61 Å². The Balaban J connectivity index is 2.16. The van der Waals surface area contributed by atoms with E-state index in [1.807, 2.05) is 32.9 Å². The lowest BCUT2D eigenvalue weighted by atomic mass is 10.1. The number of hydrogen-bond donors (Lipinski definition) is 2. The smallest absolute Gasteiger partial charge is 0.282 e. The molecule has 2 heterocycles. The van der Waals surface area contributed by atoms with Crippen LogP contribution in [-0.2, 0) is 0 Å². The molecule has 0 bridgehead atoms. The van der Waals surface area contributed by atoms with E-state index in [1.54, 1.807) is 18.2 Å².